The van der Waals surface area contributed by atoms with Gasteiger partial charge in [0.2, 0.25) is 5.91 Å². The van der Waals surface area contributed by atoms with Gasteiger partial charge in [0.1, 0.15) is 6.17 Å². The van der Waals surface area contributed by atoms with Crippen LogP contribution in [0.3, 0.4) is 0 Å². The summed E-state index contributed by atoms with van der Waals surface area (Å²) in [7, 11) is 0. The second kappa shape index (κ2) is 6.58. The van der Waals surface area contributed by atoms with Crippen LogP contribution in [0.2, 0.25) is 0 Å². The summed E-state index contributed by atoms with van der Waals surface area (Å²) >= 11 is 0. The quantitative estimate of drug-likeness (QED) is 0.919. The van der Waals surface area contributed by atoms with Gasteiger partial charge in [-0.05, 0) is 38.4 Å². The summed E-state index contributed by atoms with van der Waals surface area (Å²) in [6.07, 6.45) is 4.00. The van der Waals surface area contributed by atoms with E-state index in [0.717, 1.165) is 13.1 Å². The van der Waals surface area contributed by atoms with Gasteiger partial charge in [0.25, 0.3) is 0 Å². The highest BCUT2D eigenvalue weighted by Crippen LogP contribution is 2.23. The molecular weight excluding hydrogens is 262 g/mol. The first kappa shape index (κ1) is 14.5. The molecule has 0 aliphatic carbocycles. The monoisotopic (exact) mass is 287 g/mol. The molecule has 2 saturated heterocycles. The molecule has 1 aromatic rings. The summed E-state index contributed by atoms with van der Waals surface area (Å²) in [5.74, 6) is 0.221. The molecule has 1 aromatic carbocycles. The molecule has 1 atom stereocenters. The number of rotatable bonds is 4. The molecule has 4 heteroatoms. The minimum absolute atomic E-state index is 0.0437. The molecule has 1 amide bonds. The fourth-order valence-electron chi connectivity index (χ4n) is 3.36. The van der Waals surface area contributed by atoms with Crippen molar-refractivity contribution in [3.63, 3.8) is 0 Å². The normalized spacial score (nSPS) is 23.8. The van der Waals surface area contributed by atoms with E-state index in [2.05, 4.69) is 41.4 Å². The van der Waals surface area contributed by atoms with Crippen molar-refractivity contribution in [3.05, 3.63) is 35.4 Å². The Hall–Kier alpha value is -1.39. The summed E-state index contributed by atoms with van der Waals surface area (Å²) in [4.78, 5) is 16.7. The first-order chi connectivity index (χ1) is 10.2. The van der Waals surface area contributed by atoms with Crippen LogP contribution in [0.1, 0.15) is 36.6 Å². The zero-order chi connectivity index (χ0) is 14.7. The van der Waals surface area contributed by atoms with Crippen LogP contribution in [0.25, 0.3) is 0 Å². The van der Waals surface area contributed by atoms with Gasteiger partial charge in [0, 0.05) is 13.1 Å². The maximum atomic E-state index is 12.2. The molecule has 0 saturated carbocycles. The lowest BCUT2D eigenvalue weighted by Crippen LogP contribution is -2.40. The Morgan fingerprint density at radius 1 is 1.19 bits per heavy atom. The molecule has 2 fully saturated rings. The molecule has 0 spiro atoms. The number of carbonyl (C=O) groups excluding carboxylic acids is 1. The van der Waals surface area contributed by atoms with Crippen molar-refractivity contribution in [2.45, 2.75) is 32.4 Å². The molecule has 1 N–H and O–H groups in total. The van der Waals surface area contributed by atoms with E-state index in [-0.39, 0.29) is 12.1 Å². The highest BCUT2D eigenvalue weighted by Gasteiger charge is 2.31. The Balaban J connectivity index is 1.65. The maximum absolute atomic E-state index is 12.2. The van der Waals surface area contributed by atoms with E-state index in [1.807, 2.05) is 4.90 Å². The van der Waals surface area contributed by atoms with Gasteiger partial charge in [-0.15, -0.1) is 0 Å². The molecule has 21 heavy (non-hydrogen) atoms. The predicted octanol–water partition coefficient (Wildman–Crippen LogP) is 1.91. The summed E-state index contributed by atoms with van der Waals surface area (Å²) in [5.41, 5.74) is 2.43. The van der Waals surface area contributed by atoms with E-state index in [9.17, 15) is 4.79 Å². The molecule has 2 aliphatic heterocycles. The number of carbonyl (C=O) groups is 1. The number of amides is 1. The van der Waals surface area contributed by atoms with E-state index in [1.165, 1.54) is 43.5 Å². The minimum atomic E-state index is 0.0437. The van der Waals surface area contributed by atoms with Crippen molar-refractivity contribution in [2.24, 2.45) is 0 Å². The van der Waals surface area contributed by atoms with Crippen molar-refractivity contribution in [1.29, 1.82) is 0 Å². The summed E-state index contributed by atoms with van der Waals surface area (Å²) in [6.45, 7) is 6.74. The van der Waals surface area contributed by atoms with Gasteiger partial charge in [0.05, 0.1) is 6.54 Å². The van der Waals surface area contributed by atoms with Crippen LogP contribution in [0, 0.1) is 6.92 Å². The topological polar surface area (TPSA) is 35.6 Å². The van der Waals surface area contributed by atoms with Crippen molar-refractivity contribution >= 4 is 5.91 Å². The van der Waals surface area contributed by atoms with E-state index in [1.54, 1.807) is 0 Å². The van der Waals surface area contributed by atoms with Gasteiger partial charge in [-0.2, -0.15) is 0 Å². The Morgan fingerprint density at radius 3 is 2.76 bits per heavy atom. The molecular formula is C17H25N3O. The zero-order valence-corrected chi connectivity index (χ0v) is 12.8. The average Bonchev–Trinajstić information content (AvgIpc) is 2.87. The standard InChI is InChI=1S/C17H25N3O/c1-14-6-5-7-15(12-14)17-18-13-16(21)20(17)11-10-19-8-3-2-4-9-19/h5-7,12,17-18H,2-4,8-11,13H2,1H3. The van der Waals surface area contributed by atoms with Gasteiger partial charge in [-0.1, -0.05) is 36.2 Å². The molecule has 114 valence electrons. The molecule has 0 bridgehead atoms. The van der Waals surface area contributed by atoms with Crippen molar-refractivity contribution in [1.82, 2.24) is 15.1 Å². The highest BCUT2D eigenvalue weighted by molar-refractivity contribution is 5.81. The van der Waals surface area contributed by atoms with E-state index in [0.29, 0.717) is 6.54 Å². The smallest absolute Gasteiger partial charge is 0.238 e. The predicted molar refractivity (Wildman–Crippen MR) is 83.9 cm³/mol. The molecule has 1 unspecified atom stereocenters. The highest BCUT2D eigenvalue weighted by atomic mass is 16.2. The molecule has 2 heterocycles. The first-order valence-electron chi connectivity index (χ1n) is 8.06. The van der Waals surface area contributed by atoms with Crippen LogP contribution in [0.4, 0.5) is 0 Å². The number of hydrogen-bond acceptors (Lipinski definition) is 3. The fraction of sp³-hybridized carbons (Fsp3) is 0.588. The van der Waals surface area contributed by atoms with Crippen LogP contribution in [0.5, 0.6) is 0 Å². The number of nitrogens with one attached hydrogen (secondary N) is 1. The molecule has 0 radical (unpaired) electrons. The molecule has 3 rings (SSSR count). The molecule has 2 aliphatic rings. The fourth-order valence-corrected chi connectivity index (χ4v) is 3.36. The van der Waals surface area contributed by atoms with E-state index < -0.39 is 0 Å². The van der Waals surface area contributed by atoms with Gasteiger partial charge in [-0.25, -0.2) is 0 Å². The zero-order valence-electron chi connectivity index (χ0n) is 12.8. The number of likely N-dealkylation sites (tertiary alicyclic amines) is 1. The molecule has 0 aromatic heterocycles. The lowest BCUT2D eigenvalue weighted by molar-refractivity contribution is -0.128. The lowest BCUT2D eigenvalue weighted by Gasteiger charge is -2.31. The van der Waals surface area contributed by atoms with Gasteiger partial charge in [0.15, 0.2) is 0 Å². The Labute approximate surface area is 127 Å². The second-order valence-electron chi connectivity index (χ2n) is 6.19. The van der Waals surface area contributed by atoms with Crippen LogP contribution in [0.15, 0.2) is 24.3 Å². The molecule has 4 nitrogen and oxygen atoms in total. The summed E-state index contributed by atoms with van der Waals surface area (Å²) in [5, 5.41) is 3.35. The third kappa shape index (κ3) is 3.44. The number of hydrogen-bond donors (Lipinski definition) is 1. The van der Waals surface area contributed by atoms with Crippen LogP contribution < -0.4 is 5.32 Å². The van der Waals surface area contributed by atoms with Crippen LogP contribution in [-0.2, 0) is 4.79 Å². The van der Waals surface area contributed by atoms with Crippen molar-refractivity contribution in [2.75, 3.05) is 32.7 Å². The summed E-state index contributed by atoms with van der Waals surface area (Å²) in [6, 6.07) is 8.44. The van der Waals surface area contributed by atoms with E-state index in [4.69, 9.17) is 0 Å². The van der Waals surface area contributed by atoms with Crippen LogP contribution in [-0.4, -0.2) is 48.4 Å². The lowest BCUT2D eigenvalue weighted by atomic mass is 10.1. The number of benzene rings is 1. The average molecular weight is 287 g/mol. The van der Waals surface area contributed by atoms with Crippen molar-refractivity contribution in [3.8, 4) is 0 Å². The largest absolute Gasteiger partial charge is 0.321 e. The number of aryl methyl sites for hydroxylation is 1. The van der Waals surface area contributed by atoms with Crippen LogP contribution >= 0.6 is 0 Å². The van der Waals surface area contributed by atoms with Gasteiger partial charge in [-0.3, -0.25) is 10.1 Å². The Morgan fingerprint density at radius 2 is 2.00 bits per heavy atom. The van der Waals surface area contributed by atoms with E-state index >= 15 is 0 Å². The third-order valence-electron chi connectivity index (χ3n) is 4.54. The maximum Gasteiger partial charge on any atom is 0.238 e. The third-order valence-corrected chi connectivity index (χ3v) is 4.54. The number of piperidine rings is 1. The Kier molecular flexibility index (Phi) is 4.56. The minimum Gasteiger partial charge on any atom is -0.321 e. The van der Waals surface area contributed by atoms with Gasteiger partial charge < -0.3 is 9.80 Å². The second-order valence-corrected chi connectivity index (χ2v) is 6.19. The number of nitrogens with zero attached hydrogens (tertiary/aromatic N) is 2. The Bertz CT molecular complexity index is 497. The SMILES string of the molecule is Cc1cccc(C2NCC(=O)N2CCN2CCCCC2)c1. The first-order valence-corrected chi connectivity index (χ1v) is 8.06. The van der Waals surface area contributed by atoms with Crippen molar-refractivity contribution < 1.29 is 4.79 Å². The van der Waals surface area contributed by atoms with Gasteiger partial charge >= 0.3 is 0 Å². The summed E-state index contributed by atoms with van der Waals surface area (Å²) < 4.78 is 0.